The summed E-state index contributed by atoms with van der Waals surface area (Å²) in [6.07, 6.45) is -1.54. The summed E-state index contributed by atoms with van der Waals surface area (Å²) in [4.78, 5) is 15.2. The summed E-state index contributed by atoms with van der Waals surface area (Å²) in [6, 6.07) is 3.40. The van der Waals surface area contributed by atoms with Crippen LogP contribution >= 0.6 is 0 Å². The van der Waals surface area contributed by atoms with Gasteiger partial charge in [-0.2, -0.15) is 18.0 Å². The first-order chi connectivity index (χ1) is 12.8. The lowest BCUT2D eigenvalue weighted by Gasteiger charge is -2.26. The van der Waals surface area contributed by atoms with Gasteiger partial charge in [0.2, 0.25) is 5.91 Å². The van der Waals surface area contributed by atoms with Crippen LogP contribution in [0.1, 0.15) is 22.5 Å². The fraction of sp³-hybridized carbons (Fsp3) is 0.412. The number of hydrogen-bond donors (Lipinski definition) is 1. The monoisotopic (exact) mass is 380 g/mol. The van der Waals surface area contributed by atoms with Crippen molar-refractivity contribution in [3.63, 3.8) is 0 Å². The van der Waals surface area contributed by atoms with E-state index in [2.05, 4.69) is 20.7 Å². The number of carbonyl (C=O) groups excluding carboxylic acids is 1. The van der Waals surface area contributed by atoms with Crippen LogP contribution < -0.4 is 5.32 Å². The highest BCUT2D eigenvalue weighted by molar-refractivity contribution is 5.92. The molecule has 10 heteroatoms. The maximum absolute atomic E-state index is 13.1. The predicted octanol–water partition coefficient (Wildman–Crippen LogP) is 1.49. The van der Waals surface area contributed by atoms with Crippen molar-refractivity contribution in [3.8, 4) is 0 Å². The van der Waals surface area contributed by atoms with Crippen molar-refractivity contribution in [1.29, 1.82) is 0 Å². The van der Waals surface area contributed by atoms with Crippen molar-refractivity contribution in [3.05, 3.63) is 46.8 Å². The minimum absolute atomic E-state index is 0.0201. The van der Waals surface area contributed by atoms with E-state index in [1.54, 1.807) is 11.8 Å². The lowest BCUT2D eigenvalue weighted by molar-refractivity contribution is -0.137. The van der Waals surface area contributed by atoms with Gasteiger partial charge in [-0.3, -0.25) is 4.79 Å². The van der Waals surface area contributed by atoms with Gasteiger partial charge in [-0.05, 0) is 41.5 Å². The largest absolute Gasteiger partial charge is 0.416 e. The fourth-order valence-corrected chi connectivity index (χ4v) is 2.78. The standard InChI is InChI=1S/C17H19F3N6O/c1-12-22-24-26(23-12)11-14-10-15(17(18,19)20)4-2-13(14)3-5-16(27)25-8-6-21-7-9-25/h2-5,10,21H,6-9,11H2,1H3. The normalized spacial score (nSPS) is 15.5. The summed E-state index contributed by atoms with van der Waals surface area (Å²) in [5.74, 6) is 0.255. The summed E-state index contributed by atoms with van der Waals surface area (Å²) in [6.45, 7) is 4.32. The molecule has 1 aliphatic rings. The third-order valence-electron chi connectivity index (χ3n) is 4.17. The van der Waals surface area contributed by atoms with E-state index in [0.29, 0.717) is 30.0 Å². The molecule has 2 aromatic rings. The van der Waals surface area contributed by atoms with Crippen molar-refractivity contribution < 1.29 is 18.0 Å². The number of aryl methyl sites for hydroxylation is 1. The van der Waals surface area contributed by atoms with Crippen LogP contribution in [-0.4, -0.2) is 57.2 Å². The third kappa shape index (κ3) is 4.91. The molecule has 0 aliphatic carbocycles. The fourth-order valence-electron chi connectivity index (χ4n) is 2.78. The molecule has 7 nitrogen and oxygen atoms in total. The Morgan fingerprint density at radius 3 is 2.67 bits per heavy atom. The highest BCUT2D eigenvalue weighted by Crippen LogP contribution is 2.31. The molecule has 1 saturated heterocycles. The van der Waals surface area contributed by atoms with E-state index in [-0.39, 0.29) is 12.5 Å². The van der Waals surface area contributed by atoms with Gasteiger partial charge in [0.25, 0.3) is 0 Å². The van der Waals surface area contributed by atoms with E-state index in [9.17, 15) is 18.0 Å². The number of tetrazole rings is 1. The summed E-state index contributed by atoms with van der Waals surface area (Å²) in [5, 5.41) is 14.7. The average Bonchev–Trinajstić information content (AvgIpc) is 3.05. The Kier molecular flexibility index (Phi) is 5.54. The van der Waals surface area contributed by atoms with Gasteiger partial charge in [0.05, 0.1) is 12.1 Å². The SMILES string of the molecule is Cc1nnn(Cc2cc(C(F)(F)F)ccc2C=CC(=O)N2CCNCC2)n1. The third-order valence-corrected chi connectivity index (χ3v) is 4.17. The Hall–Kier alpha value is -2.75. The maximum atomic E-state index is 13.1. The number of hydrogen-bond acceptors (Lipinski definition) is 5. The molecule has 0 bridgehead atoms. The van der Waals surface area contributed by atoms with Gasteiger partial charge in [-0.15, -0.1) is 10.2 Å². The molecule has 0 spiro atoms. The topological polar surface area (TPSA) is 75.9 Å². The number of halogens is 3. The lowest BCUT2D eigenvalue weighted by atomic mass is 10.0. The van der Waals surface area contributed by atoms with E-state index in [0.717, 1.165) is 25.2 Å². The number of rotatable bonds is 4. The van der Waals surface area contributed by atoms with Crippen LogP contribution in [0.15, 0.2) is 24.3 Å². The summed E-state index contributed by atoms with van der Waals surface area (Å²) >= 11 is 0. The number of carbonyl (C=O) groups is 1. The number of amides is 1. The summed E-state index contributed by atoms with van der Waals surface area (Å²) < 4.78 is 39.2. The van der Waals surface area contributed by atoms with Gasteiger partial charge in [0, 0.05) is 32.3 Å². The van der Waals surface area contributed by atoms with Crippen LogP contribution in [0.25, 0.3) is 6.08 Å². The molecule has 0 saturated carbocycles. The van der Waals surface area contributed by atoms with Gasteiger partial charge in [0.1, 0.15) is 0 Å². The van der Waals surface area contributed by atoms with Gasteiger partial charge in [-0.1, -0.05) is 6.07 Å². The van der Waals surface area contributed by atoms with E-state index in [1.165, 1.54) is 23.0 Å². The minimum atomic E-state index is -4.46. The van der Waals surface area contributed by atoms with Crippen molar-refractivity contribution >= 4 is 12.0 Å². The van der Waals surface area contributed by atoms with Crippen LogP contribution in [0.2, 0.25) is 0 Å². The Morgan fingerprint density at radius 1 is 1.30 bits per heavy atom. The first kappa shape index (κ1) is 19.0. The molecular weight excluding hydrogens is 361 g/mol. The number of piperazine rings is 1. The first-order valence-electron chi connectivity index (χ1n) is 8.45. The zero-order valence-electron chi connectivity index (χ0n) is 14.7. The number of aromatic nitrogens is 4. The molecule has 2 heterocycles. The Labute approximate surface area is 153 Å². The molecule has 1 aromatic heterocycles. The zero-order chi connectivity index (χ0) is 19.4. The van der Waals surface area contributed by atoms with Crippen LogP contribution in [0.3, 0.4) is 0 Å². The van der Waals surface area contributed by atoms with Gasteiger partial charge in [0.15, 0.2) is 5.82 Å². The van der Waals surface area contributed by atoms with Gasteiger partial charge < -0.3 is 10.2 Å². The minimum Gasteiger partial charge on any atom is -0.337 e. The van der Waals surface area contributed by atoms with Gasteiger partial charge >= 0.3 is 6.18 Å². The first-order valence-corrected chi connectivity index (χ1v) is 8.45. The highest BCUT2D eigenvalue weighted by atomic mass is 19.4. The van der Waals surface area contributed by atoms with Gasteiger partial charge in [-0.25, -0.2) is 0 Å². The molecule has 0 atom stereocenters. The zero-order valence-corrected chi connectivity index (χ0v) is 14.7. The Balaban J connectivity index is 1.86. The maximum Gasteiger partial charge on any atom is 0.416 e. The van der Waals surface area contributed by atoms with Crippen LogP contribution in [0.5, 0.6) is 0 Å². The highest BCUT2D eigenvalue weighted by Gasteiger charge is 2.31. The number of alkyl halides is 3. The molecule has 144 valence electrons. The quantitative estimate of drug-likeness (QED) is 0.814. The summed E-state index contributed by atoms with van der Waals surface area (Å²) in [7, 11) is 0. The van der Waals surface area contributed by atoms with Crippen molar-refractivity contribution in [2.24, 2.45) is 0 Å². The second-order valence-electron chi connectivity index (χ2n) is 6.19. The van der Waals surface area contributed by atoms with E-state index < -0.39 is 11.7 Å². The molecule has 27 heavy (non-hydrogen) atoms. The number of nitrogens with one attached hydrogen (secondary N) is 1. The lowest BCUT2D eigenvalue weighted by Crippen LogP contribution is -2.45. The second-order valence-corrected chi connectivity index (χ2v) is 6.19. The molecular formula is C17H19F3N6O. The Morgan fingerprint density at radius 2 is 2.04 bits per heavy atom. The van der Waals surface area contributed by atoms with Crippen LogP contribution in [0, 0.1) is 6.92 Å². The molecule has 0 radical (unpaired) electrons. The molecule has 3 rings (SSSR count). The Bertz CT molecular complexity index is 839. The van der Waals surface area contributed by atoms with E-state index in [4.69, 9.17) is 0 Å². The molecule has 1 N–H and O–H groups in total. The van der Waals surface area contributed by atoms with Crippen molar-refractivity contribution in [2.45, 2.75) is 19.6 Å². The second kappa shape index (κ2) is 7.87. The summed E-state index contributed by atoms with van der Waals surface area (Å²) in [5.41, 5.74) is 0.0907. The smallest absolute Gasteiger partial charge is 0.337 e. The van der Waals surface area contributed by atoms with Crippen LogP contribution in [0.4, 0.5) is 13.2 Å². The predicted molar refractivity (Wildman–Crippen MR) is 91.6 cm³/mol. The van der Waals surface area contributed by atoms with E-state index in [1.807, 2.05) is 0 Å². The van der Waals surface area contributed by atoms with Crippen molar-refractivity contribution in [1.82, 2.24) is 30.4 Å². The number of benzene rings is 1. The molecule has 1 aliphatic heterocycles. The number of nitrogens with zero attached hydrogens (tertiary/aromatic N) is 5. The molecule has 1 aromatic carbocycles. The molecule has 1 fully saturated rings. The van der Waals surface area contributed by atoms with Crippen LogP contribution in [-0.2, 0) is 17.5 Å². The van der Waals surface area contributed by atoms with Crippen molar-refractivity contribution in [2.75, 3.05) is 26.2 Å². The average molecular weight is 380 g/mol. The molecule has 1 amide bonds. The van der Waals surface area contributed by atoms with E-state index >= 15 is 0 Å². The molecule has 0 unspecified atom stereocenters.